The number of amides is 2. The number of benzene rings is 1. The summed E-state index contributed by atoms with van der Waals surface area (Å²) in [4.78, 5) is 16.3. The summed E-state index contributed by atoms with van der Waals surface area (Å²) in [5.41, 5.74) is 0.590. The van der Waals surface area contributed by atoms with Gasteiger partial charge in [0.2, 0.25) is 0 Å². The molecule has 0 fully saturated rings. The van der Waals surface area contributed by atoms with Gasteiger partial charge in [-0.25, -0.2) is 14.3 Å². The molecular weight excluding hydrogens is 359 g/mol. The van der Waals surface area contributed by atoms with E-state index in [9.17, 15) is 18.0 Å². The highest BCUT2D eigenvalue weighted by atomic mass is 19.4. The van der Waals surface area contributed by atoms with E-state index in [0.29, 0.717) is 17.2 Å². The molecule has 0 saturated heterocycles. The van der Waals surface area contributed by atoms with Crippen LogP contribution in [0.1, 0.15) is 23.9 Å². The molecule has 0 aliphatic carbocycles. The predicted octanol–water partition coefficient (Wildman–Crippen LogP) is 3.81. The van der Waals surface area contributed by atoms with Gasteiger partial charge in [0.05, 0.1) is 17.4 Å². The molecule has 1 unspecified atom stereocenters. The molecule has 0 aliphatic heterocycles. The van der Waals surface area contributed by atoms with Gasteiger partial charge in [0.1, 0.15) is 5.82 Å². The van der Waals surface area contributed by atoms with E-state index in [1.165, 1.54) is 16.6 Å². The molecule has 2 aromatic heterocycles. The van der Waals surface area contributed by atoms with Gasteiger partial charge >= 0.3 is 12.2 Å². The fraction of sp³-hybridized carbons (Fsp3) is 0.278. The summed E-state index contributed by atoms with van der Waals surface area (Å²) in [6, 6.07) is 7.73. The molecule has 2 N–H and O–H groups in total. The van der Waals surface area contributed by atoms with Gasteiger partial charge in [0, 0.05) is 6.04 Å². The van der Waals surface area contributed by atoms with Crippen LogP contribution in [-0.4, -0.2) is 26.7 Å². The molecule has 0 radical (unpaired) electrons. The highest BCUT2D eigenvalue weighted by molar-refractivity contribution is 5.89. The summed E-state index contributed by atoms with van der Waals surface area (Å²) in [6.07, 6.45) is -2.76. The number of anilines is 1. The Kier molecular flexibility index (Phi) is 5.02. The number of urea groups is 1. The number of rotatable bonds is 4. The van der Waals surface area contributed by atoms with Crippen molar-refractivity contribution in [1.29, 1.82) is 0 Å². The number of nitrogens with zero attached hydrogens (tertiary/aromatic N) is 3. The van der Waals surface area contributed by atoms with Crippen LogP contribution >= 0.6 is 0 Å². The van der Waals surface area contributed by atoms with E-state index in [2.05, 4.69) is 20.7 Å². The highest BCUT2D eigenvalue weighted by Gasteiger charge is 2.33. The van der Waals surface area contributed by atoms with Crippen LogP contribution in [0.3, 0.4) is 0 Å². The molecule has 1 atom stereocenters. The lowest BCUT2D eigenvalue weighted by molar-refractivity contribution is -0.138. The molecule has 3 rings (SSSR count). The molecule has 3 aromatic rings. The molecule has 1 aromatic carbocycles. The normalized spacial score (nSPS) is 12.8. The average molecular weight is 377 g/mol. The van der Waals surface area contributed by atoms with Crippen LogP contribution in [-0.2, 0) is 12.6 Å². The number of hydrogen-bond donors (Lipinski definition) is 2. The molecular formula is C18H18F3N5O. The number of pyridine rings is 1. The Balaban J connectivity index is 1.64. The molecule has 2 heterocycles. The number of aryl methyl sites for hydroxylation is 1. The zero-order valence-electron chi connectivity index (χ0n) is 14.7. The molecule has 9 heteroatoms. The van der Waals surface area contributed by atoms with E-state index < -0.39 is 23.8 Å². The number of aromatic nitrogens is 3. The van der Waals surface area contributed by atoms with Gasteiger partial charge in [-0.2, -0.15) is 18.3 Å². The second-order valence-electron chi connectivity index (χ2n) is 6.24. The maximum atomic E-state index is 13.1. The van der Waals surface area contributed by atoms with Gasteiger partial charge < -0.3 is 10.6 Å². The molecule has 0 saturated carbocycles. The number of nitrogens with one attached hydrogen (secondary N) is 2. The first-order valence-electron chi connectivity index (χ1n) is 8.28. The Morgan fingerprint density at radius 1 is 1.22 bits per heavy atom. The van der Waals surface area contributed by atoms with Crippen molar-refractivity contribution in [1.82, 2.24) is 19.9 Å². The third-order valence-corrected chi connectivity index (χ3v) is 3.92. The van der Waals surface area contributed by atoms with Crippen molar-refractivity contribution in [2.45, 2.75) is 32.5 Å². The molecule has 2 amide bonds. The van der Waals surface area contributed by atoms with Crippen molar-refractivity contribution in [2.24, 2.45) is 0 Å². The van der Waals surface area contributed by atoms with E-state index in [4.69, 9.17) is 0 Å². The maximum Gasteiger partial charge on any atom is 0.416 e. The molecule has 0 spiro atoms. The van der Waals surface area contributed by atoms with Crippen LogP contribution in [0.25, 0.3) is 5.65 Å². The minimum Gasteiger partial charge on any atom is -0.335 e. The summed E-state index contributed by atoms with van der Waals surface area (Å²) in [5.74, 6) is 0.605. The third kappa shape index (κ3) is 4.55. The minimum absolute atomic E-state index is 0.0599. The number of alkyl halides is 3. The monoisotopic (exact) mass is 377 g/mol. The number of carbonyl (C=O) groups excluding carboxylic acids is 1. The predicted molar refractivity (Wildman–Crippen MR) is 94.5 cm³/mol. The van der Waals surface area contributed by atoms with Crippen molar-refractivity contribution >= 4 is 17.4 Å². The first-order valence-corrected chi connectivity index (χ1v) is 8.28. The summed E-state index contributed by atoms with van der Waals surface area (Å²) in [5, 5.41) is 9.45. The van der Waals surface area contributed by atoms with Gasteiger partial charge in [-0.05, 0) is 44.0 Å². The molecule has 6 nitrogen and oxygen atoms in total. The van der Waals surface area contributed by atoms with Crippen LogP contribution in [0.2, 0.25) is 0 Å². The van der Waals surface area contributed by atoms with Gasteiger partial charge in [0.15, 0.2) is 5.65 Å². The van der Waals surface area contributed by atoms with E-state index in [0.717, 1.165) is 6.07 Å². The van der Waals surface area contributed by atoms with E-state index in [-0.39, 0.29) is 12.0 Å². The Hall–Kier alpha value is -3.10. The lowest BCUT2D eigenvalue weighted by Gasteiger charge is -2.18. The van der Waals surface area contributed by atoms with Crippen LogP contribution < -0.4 is 10.6 Å². The standard InChI is InChI=1S/C18H18F3N5O/c1-11(9-13-5-3-4-6-15(13)18(19,20)21)22-17(27)24-14-7-8-16-23-12(2)25-26(16)10-14/h3-8,10-11H,9H2,1-2H3,(H2,22,24,27). The molecule has 0 bridgehead atoms. The van der Waals surface area contributed by atoms with Crippen LogP contribution in [0, 0.1) is 6.92 Å². The Labute approximate surface area is 153 Å². The molecule has 142 valence electrons. The number of hydrogen-bond acceptors (Lipinski definition) is 3. The Bertz CT molecular complexity index is 967. The summed E-state index contributed by atoms with van der Waals surface area (Å²) in [6.45, 7) is 3.41. The lowest BCUT2D eigenvalue weighted by Crippen LogP contribution is -2.37. The SMILES string of the molecule is Cc1nc2ccc(NC(=O)NC(C)Cc3ccccc3C(F)(F)F)cn2n1. The van der Waals surface area contributed by atoms with Gasteiger partial charge in [-0.15, -0.1) is 0 Å². The Morgan fingerprint density at radius 2 is 1.96 bits per heavy atom. The zero-order chi connectivity index (χ0) is 19.6. The first kappa shape index (κ1) is 18.7. The molecule has 0 aliphatic rings. The third-order valence-electron chi connectivity index (χ3n) is 3.92. The lowest BCUT2D eigenvalue weighted by atomic mass is 10.0. The summed E-state index contributed by atoms with van der Waals surface area (Å²) in [7, 11) is 0. The fourth-order valence-electron chi connectivity index (χ4n) is 2.81. The number of halogens is 3. The van der Waals surface area contributed by atoms with Crippen molar-refractivity contribution in [3.63, 3.8) is 0 Å². The summed E-state index contributed by atoms with van der Waals surface area (Å²) >= 11 is 0. The van der Waals surface area contributed by atoms with Gasteiger partial charge in [-0.1, -0.05) is 18.2 Å². The second kappa shape index (κ2) is 7.26. The van der Waals surface area contributed by atoms with E-state index in [1.807, 2.05) is 0 Å². The first-order chi connectivity index (χ1) is 12.7. The Morgan fingerprint density at radius 3 is 2.70 bits per heavy atom. The smallest absolute Gasteiger partial charge is 0.335 e. The minimum atomic E-state index is -4.43. The van der Waals surface area contributed by atoms with Crippen molar-refractivity contribution in [3.05, 3.63) is 59.5 Å². The van der Waals surface area contributed by atoms with Gasteiger partial charge in [-0.3, -0.25) is 0 Å². The topological polar surface area (TPSA) is 71.3 Å². The van der Waals surface area contributed by atoms with Crippen LogP contribution in [0.4, 0.5) is 23.7 Å². The maximum absolute atomic E-state index is 13.1. The largest absolute Gasteiger partial charge is 0.416 e. The summed E-state index contributed by atoms with van der Waals surface area (Å²) < 4.78 is 40.7. The average Bonchev–Trinajstić information content (AvgIpc) is 2.93. The highest BCUT2D eigenvalue weighted by Crippen LogP contribution is 2.32. The number of fused-ring (bicyclic) bond motifs is 1. The van der Waals surface area contributed by atoms with E-state index >= 15 is 0 Å². The van der Waals surface area contributed by atoms with Crippen molar-refractivity contribution < 1.29 is 18.0 Å². The van der Waals surface area contributed by atoms with Crippen molar-refractivity contribution in [2.75, 3.05) is 5.32 Å². The van der Waals surface area contributed by atoms with Crippen LogP contribution in [0.15, 0.2) is 42.6 Å². The quantitative estimate of drug-likeness (QED) is 0.726. The second-order valence-corrected chi connectivity index (χ2v) is 6.24. The van der Waals surface area contributed by atoms with Crippen molar-refractivity contribution in [3.8, 4) is 0 Å². The fourth-order valence-corrected chi connectivity index (χ4v) is 2.81. The van der Waals surface area contributed by atoms with Gasteiger partial charge in [0.25, 0.3) is 0 Å². The zero-order valence-corrected chi connectivity index (χ0v) is 14.7. The van der Waals surface area contributed by atoms with E-state index in [1.54, 1.807) is 38.2 Å². The number of carbonyl (C=O) groups is 1. The van der Waals surface area contributed by atoms with Crippen LogP contribution in [0.5, 0.6) is 0 Å². The molecule has 27 heavy (non-hydrogen) atoms.